The van der Waals surface area contributed by atoms with E-state index in [-0.39, 0.29) is 29.9 Å². The predicted molar refractivity (Wildman–Crippen MR) is 96.1 cm³/mol. The van der Waals surface area contributed by atoms with Gasteiger partial charge in [-0.15, -0.1) is 0 Å². The summed E-state index contributed by atoms with van der Waals surface area (Å²) in [5.74, 6) is 0.284. The number of ether oxygens (including phenoxy) is 1. The molecule has 1 saturated heterocycles. The summed E-state index contributed by atoms with van der Waals surface area (Å²) in [6, 6.07) is 7.64. The zero-order valence-corrected chi connectivity index (χ0v) is 15.0. The summed E-state index contributed by atoms with van der Waals surface area (Å²) in [6.07, 6.45) is 2.28. The standard InChI is InChI=1S/C19H27N3O3/c1-13-10-22(11-14(2)25-13)12-18(23)20-9-15-4-3-5-17(8-15)21-19(24)16-6-7-16/h3-5,8,13-14,16H,6-7,9-12H2,1-2H3,(H,20,23)(H,21,24)/t13-,14+. The van der Waals surface area contributed by atoms with E-state index in [1.807, 2.05) is 38.1 Å². The van der Waals surface area contributed by atoms with E-state index in [9.17, 15) is 9.59 Å². The maximum absolute atomic E-state index is 12.2. The highest BCUT2D eigenvalue weighted by atomic mass is 16.5. The third kappa shape index (κ3) is 5.54. The van der Waals surface area contributed by atoms with Gasteiger partial charge in [0.05, 0.1) is 18.8 Å². The maximum Gasteiger partial charge on any atom is 0.234 e. The van der Waals surface area contributed by atoms with Gasteiger partial charge in [-0.1, -0.05) is 12.1 Å². The van der Waals surface area contributed by atoms with Crippen molar-refractivity contribution in [2.24, 2.45) is 5.92 Å². The number of carbonyl (C=O) groups is 2. The second-order valence-electron chi connectivity index (χ2n) is 7.19. The lowest BCUT2D eigenvalue weighted by atomic mass is 10.2. The first-order chi connectivity index (χ1) is 12.0. The molecule has 2 N–H and O–H groups in total. The highest BCUT2D eigenvalue weighted by molar-refractivity contribution is 5.94. The van der Waals surface area contributed by atoms with Crippen molar-refractivity contribution in [3.8, 4) is 0 Å². The van der Waals surface area contributed by atoms with Crippen molar-refractivity contribution in [1.29, 1.82) is 0 Å². The topological polar surface area (TPSA) is 70.7 Å². The number of nitrogens with zero attached hydrogens (tertiary/aromatic N) is 1. The average molecular weight is 345 g/mol. The molecule has 2 fully saturated rings. The normalized spacial score (nSPS) is 23.9. The first-order valence-corrected chi connectivity index (χ1v) is 9.04. The molecular formula is C19H27N3O3. The van der Waals surface area contributed by atoms with E-state index in [1.54, 1.807) is 0 Å². The third-order valence-electron chi connectivity index (χ3n) is 4.49. The van der Waals surface area contributed by atoms with Crippen LogP contribution in [0, 0.1) is 5.92 Å². The van der Waals surface area contributed by atoms with Crippen molar-refractivity contribution in [2.45, 2.75) is 45.4 Å². The van der Waals surface area contributed by atoms with Crippen LogP contribution in [0.15, 0.2) is 24.3 Å². The second-order valence-corrected chi connectivity index (χ2v) is 7.19. The van der Waals surface area contributed by atoms with Gasteiger partial charge in [0, 0.05) is 31.2 Å². The molecule has 1 aromatic rings. The number of benzene rings is 1. The molecule has 1 saturated carbocycles. The van der Waals surface area contributed by atoms with Gasteiger partial charge in [0.15, 0.2) is 0 Å². The van der Waals surface area contributed by atoms with Crippen molar-refractivity contribution < 1.29 is 14.3 Å². The Hall–Kier alpha value is -1.92. The number of hydrogen-bond donors (Lipinski definition) is 2. The fraction of sp³-hybridized carbons (Fsp3) is 0.579. The monoisotopic (exact) mass is 345 g/mol. The summed E-state index contributed by atoms with van der Waals surface area (Å²) in [6.45, 7) is 6.46. The number of anilines is 1. The van der Waals surface area contributed by atoms with Crippen LogP contribution in [0.5, 0.6) is 0 Å². The highest BCUT2D eigenvalue weighted by Gasteiger charge is 2.29. The fourth-order valence-corrected chi connectivity index (χ4v) is 3.22. The molecular weight excluding hydrogens is 318 g/mol. The van der Waals surface area contributed by atoms with E-state index in [1.165, 1.54) is 0 Å². The third-order valence-corrected chi connectivity index (χ3v) is 4.49. The SMILES string of the molecule is C[C@@H]1CN(CC(=O)NCc2cccc(NC(=O)C3CC3)c2)C[C@H](C)O1. The van der Waals surface area contributed by atoms with Gasteiger partial charge >= 0.3 is 0 Å². The van der Waals surface area contributed by atoms with E-state index in [4.69, 9.17) is 4.74 Å². The number of hydrogen-bond acceptors (Lipinski definition) is 4. The summed E-state index contributed by atoms with van der Waals surface area (Å²) >= 11 is 0. The maximum atomic E-state index is 12.2. The summed E-state index contributed by atoms with van der Waals surface area (Å²) in [5.41, 5.74) is 1.77. The summed E-state index contributed by atoms with van der Waals surface area (Å²) in [7, 11) is 0. The van der Waals surface area contributed by atoms with Crippen molar-refractivity contribution in [3.05, 3.63) is 29.8 Å². The summed E-state index contributed by atoms with van der Waals surface area (Å²) in [5, 5.41) is 5.89. The molecule has 2 atom stereocenters. The first-order valence-electron chi connectivity index (χ1n) is 9.04. The number of amides is 2. The van der Waals surface area contributed by atoms with Gasteiger partial charge in [-0.25, -0.2) is 0 Å². The van der Waals surface area contributed by atoms with Crippen molar-refractivity contribution in [3.63, 3.8) is 0 Å². The Balaban J connectivity index is 1.46. The fourth-order valence-electron chi connectivity index (χ4n) is 3.22. The lowest BCUT2D eigenvalue weighted by Gasteiger charge is -2.34. The van der Waals surface area contributed by atoms with Crippen molar-refractivity contribution >= 4 is 17.5 Å². The molecule has 6 nitrogen and oxygen atoms in total. The predicted octanol–water partition coefficient (Wildman–Crippen LogP) is 1.76. The minimum atomic E-state index is 0.00807. The molecule has 1 aromatic carbocycles. The van der Waals surface area contributed by atoms with Gasteiger partial charge in [0.2, 0.25) is 11.8 Å². The molecule has 25 heavy (non-hydrogen) atoms. The quantitative estimate of drug-likeness (QED) is 0.824. The minimum absolute atomic E-state index is 0.00807. The molecule has 2 amide bonds. The zero-order chi connectivity index (χ0) is 17.8. The Kier molecular flexibility index (Phi) is 5.71. The molecule has 2 aliphatic rings. The lowest BCUT2D eigenvalue weighted by Crippen LogP contribution is -2.49. The van der Waals surface area contributed by atoms with Gasteiger partial charge in [-0.3, -0.25) is 14.5 Å². The molecule has 3 rings (SSSR count). The Morgan fingerprint density at radius 1 is 1.20 bits per heavy atom. The Morgan fingerprint density at radius 2 is 1.92 bits per heavy atom. The van der Waals surface area contributed by atoms with Gasteiger partial charge < -0.3 is 15.4 Å². The molecule has 0 bridgehead atoms. The smallest absolute Gasteiger partial charge is 0.234 e. The average Bonchev–Trinajstić information content (AvgIpc) is 3.37. The van der Waals surface area contributed by atoms with Crippen LogP contribution in [0.1, 0.15) is 32.3 Å². The van der Waals surface area contributed by atoms with Gasteiger partial charge in [0.1, 0.15) is 0 Å². The Bertz CT molecular complexity index is 620. The van der Waals surface area contributed by atoms with Crippen LogP contribution < -0.4 is 10.6 Å². The Morgan fingerprint density at radius 3 is 2.60 bits per heavy atom. The molecule has 0 radical (unpaired) electrons. The van der Waals surface area contributed by atoms with Crippen molar-refractivity contribution in [1.82, 2.24) is 10.2 Å². The largest absolute Gasteiger partial charge is 0.373 e. The van der Waals surface area contributed by atoms with Crippen LogP contribution in [-0.4, -0.2) is 48.6 Å². The molecule has 0 aromatic heterocycles. The molecule has 6 heteroatoms. The van der Waals surface area contributed by atoms with E-state index < -0.39 is 0 Å². The number of carbonyl (C=O) groups excluding carboxylic acids is 2. The number of morpholine rings is 1. The van der Waals surface area contributed by atoms with Crippen LogP contribution in [-0.2, 0) is 20.9 Å². The van der Waals surface area contributed by atoms with E-state index in [0.29, 0.717) is 13.1 Å². The van der Waals surface area contributed by atoms with Crippen LogP contribution >= 0.6 is 0 Å². The zero-order valence-electron chi connectivity index (χ0n) is 15.0. The van der Waals surface area contributed by atoms with Gasteiger partial charge in [-0.05, 0) is 44.4 Å². The minimum Gasteiger partial charge on any atom is -0.373 e. The van der Waals surface area contributed by atoms with E-state index >= 15 is 0 Å². The molecule has 1 aliphatic heterocycles. The summed E-state index contributed by atoms with van der Waals surface area (Å²) < 4.78 is 5.69. The van der Waals surface area contributed by atoms with Crippen LogP contribution in [0.4, 0.5) is 5.69 Å². The van der Waals surface area contributed by atoms with Gasteiger partial charge in [-0.2, -0.15) is 0 Å². The molecule has 1 heterocycles. The number of rotatable bonds is 6. The van der Waals surface area contributed by atoms with E-state index in [2.05, 4.69) is 15.5 Å². The molecule has 1 aliphatic carbocycles. The molecule has 0 spiro atoms. The van der Waals surface area contributed by atoms with Crippen LogP contribution in [0.25, 0.3) is 0 Å². The van der Waals surface area contributed by atoms with Gasteiger partial charge in [0.25, 0.3) is 0 Å². The number of nitrogens with one attached hydrogen (secondary N) is 2. The summed E-state index contributed by atoms with van der Waals surface area (Å²) in [4.78, 5) is 26.2. The molecule has 136 valence electrons. The second kappa shape index (κ2) is 7.97. The first kappa shape index (κ1) is 17.9. The van der Waals surface area contributed by atoms with E-state index in [0.717, 1.165) is 37.2 Å². The van der Waals surface area contributed by atoms with Crippen LogP contribution in [0.3, 0.4) is 0 Å². The Labute approximate surface area is 148 Å². The van der Waals surface area contributed by atoms with Crippen molar-refractivity contribution in [2.75, 3.05) is 25.0 Å². The van der Waals surface area contributed by atoms with Crippen LogP contribution in [0.2, 0.25) is 0 Å². The highest BCUT2D eigenvalue weighted by Crippen LogP contribution is 2.30. The molecule has 0 unspecified atom stereocenters. The lowest BCUT2D eigenvalue weighted by molar-refractivity contribution is -0.126.